The molecule has 2 aliphatic rings. The van der Waals surface area contributed by atoms with Gasteiger partial charge >= 0.3 is 0 Å². The third-order valence-corrected chi connectivity index (χ3v) is 5.11. The molecule has 0 spiro atoms. The predicted octanol–water partition coefficient (Wildman–Crippen LogP) is 3.88. The van der Waals surface area contributed by atoms with E-state index < -0.39 is 0 Å². The molecule has 1 aliphatic heterocycles. The SMILES string of the molecule is O=C(CC1CCCC1)N1CCC(CCOc2ccccc2)C1. The summed E-state index contributed by atoms with van der Waals surface area (Å²) in [4.78, 5) is 14.4. The molecular weight excluding hydrogens is 274 g/mol. The number of likely N-dealkylation sites (tertiary alicyclic amines) is 1. The summed E-state index contributed by atoms with van der Waals surface area (Å²) in [6.07, 6.45) is 8.11. The largest absolute Gasteiger partial charge is 0.494 e. The third kappa shape index (κ3) is 4.25. The van der Waals surface area contributed by atoms with Crippen molar-refractivity contribution in [2.24, 2.45) is 11.8 Å². The lowest BCUT2D eigenvalue weighted by atomic mass is 10.0. The predicted molar refractivity (Wildman–Crippen MR) is 87.8 cm³/mol. The van der Waals surface area contributed by atoms with Gasteiger partial charge in [-0.25, -0.2) is 0 Å². The summed E-state index contributed by atoms with van der Waals surface area (Å²) in [5.41, 5.74) is 0. The van der Waals surface area contributed by atoms with Gasteiger partial charge in [-0.05, 0) is 49.7 Å². The van der Waals surface area contributed by atoms with Gasteiger partial charge in [-0.15, -0.1) is 0 Å². The zero-order valence-electron chi connectivity index (χ0n) is 13.4. The number of carbonyl (C=O) groups excluding carboxylic acids is 1. The van der Waals surface area contributed by atoms with Crippen molar-refractivity contribution in [3.05, 3.63) is 30.3 Å². The third-order valence-electron chi connectivity index (χ3n) is 5.11. The molecule has 1 saturated carbocycles. The molecule has 0 aromatic heterocycles. The molecule has 0 bridgehead atoms. The van der Waals surface area contributed by atoms with Gasteiger partial charge in [0.15, 0.2) is 0 Å². The molecule has 1 aromatic rings. The summed E-state index contributed by atoms with van der Waals surface area (Å²) in [5.74, 6) is 2.59. The molecule has 1 amide bonds. The minimum Gasteiger partial charge on any atom is -0.494 e. The van der Waals surface area contributed by atoms with E-state index in [1.165, 1.54) is 25.7 Å². The molecule has 120 valence electrons. The standard InChI is InChI=1S/C19H27NO2/c21-19(14-16-6-4-5-7-16)20-12-10-17(15-20)11-13-22-18-8-2-1-3-9-18/h1-3,8-9,16-17H,4-7,10-15H2. The van der Waals surface area contributed by atoms with E-state index in [-0.39, 0.29) is 0 Å². The van der Waals surface area contributed by atoms with E-state index in [0.717, 1.165) is 44.7 Å². The van der Waals surface area contributed by atoms with Gasteiger partial charge in [0.05, 0.1) is 6.61 Å². The quantitative estimate of drug-likeness (QED) is 0.798. The molecule has 2 fully saturated rings. The first kappa shape index (κ1) is 15.4. The lowest BCUT2D eigenvalue weighted by Gasteiger charge is -2.19. The second kappa shape index (κ2) is 7.66. The highest BCUT2D eigenvalue weighted by Gasteiger charge is 2.28. The van der Waals surface area contributed by atoms with Gasteiger partial charge < -0.3 is 9.64 Å². The number of amides is 1. The van der Waals surface area contributed by atoms with Crippen LogP contribution in [0.1, 0.15) is 44.9 Å². The Balaban J connectivity index is 1.35. The molecule has 1 saturated heterocycles. The Morgan fingerprint density at radius 1 is 1.09 bits per heavy atom. The fourth-order valence-electron chi connectivity index (χ4n) is 3.75. The second-order valence-corrected chi connectivity index (χ2v) is 6.80. The van der Waals surface area contributed by atoms with Gasteiger partial charge in [-0.2, -0.15) is 0 Å². The van der Waals surface area contributed by atoms with E-state index >= 15 is 0 Å². The molecule has 3 nitrogen and oxygen atoms in total. The molecule has 1 heterocycles. The molecule has 1 unspecified atom stereocenters. The van der Waals surface area contributed by atoms with Gasteiger partial charge in [0.1, 0.15) is 5.75 Å². The van der Waals surface area contributed by atoms with Crippen molar-refractivity contribution < 1.29 is 9.53 Å². The van der Waals surface area contributed by atoms with E-state index in [4.69, 9.17) is 4.74 Å². The Morgan fingerprint density at radius 3 is 2.64 bits per heavy atom. The van der Waals surface area contributed by atoms with Crippen LogP contribution in [0.2, 0.25) is 0 Å². The van der Waals surface area contributed by atoms with E-state index in [9.17, 15) is 4.79 Å². The number of hydrogen-bond donors (Lipinski definition) is 0. The Morgan fingerprint density at radius 2 is 1.86 bits per heavy atom. The zero-order valence-corrected chi connectivity index (χ0v) is 13.4. The van der Waals surface area contributed by atoms with Crippen molar-refractivity contribution in [3.8, 4) is 5.75 Å². The maximum Gasteiger partial charge on any atom is 0.222 e. The van der Waals surface area contributed by atoms with Crippen molar-refractivity contribution in [3.63, 3.8) is 0 Å². The van der Waals surface area contributed by atoms with Crippen molar-refractivity contribution in [2.45, 2.75) is 44.9 Å². The van der Waals surface area contributed by atoms with Crippen molar-refractivity contribution in [2.75, 3.05) is 19.7 Å². The van der Waals surface area contributed by atoms with Gasteiger partial charge in [-0.3, -0.25) is 4.79 Å². The molecule has 0 N–H and O–H groups in total. The van der Waals surface area contributed by atoms with Crippen LogP contribution >= 0.6 is 0 Å². The molecule has 1 aliphatic carbocycles. The molecule has 22 heavy (non-hydrogen) atoms. The molecule has 0 radical (unpaired) electrons. The van der Waals surface area contributed by atoms with Crippen molar-refractivity contribution in [1.82, 2.24) is 4.90 Å². The summed E-state index contributed by atoms with van der Waals surface area (Å²) in [6.45, 7) is 2.63. The average molecular weight is 301 g/mol. The lowest BCUT2D eigenvalue weighted by Crippen LogP contribution is -2.30. The molecule has 1 atom stereocenters. The maximum atomic E-state index is 12.3. The number of nitrogens with zero attached hydrogens (tertiary/aromatic N) is 1. The second-order valence-electron chi connectivity index (χ2n) is 6.80. The maximum absolute atomic E-state index is 12.3. The van der Waals surface area contributed by atoms with E-state index in [2.05, 4.69) is 4.90 Å². The molecule has 3 heteroatoms. The van der Waals surface area contributed by atoms with Crippen LogP contribution in [-0.2, 0) is 4.79 Å². The first-order valence-corrected chi connectivity index (χ1v) is 8.77. The van der Waals surface area contributed by atoms with E-state index in [1.54, 1.807) is 0 Å². The molecule has 1 aromatic carbocycles. The van der Waals surface area contributed by atoms with Crippen LogP contribution in [0.3, 0.4) is 0 Å². The smallest absolute Gasteiger partial charge is 0.222 e. The van der Waals surface area contributed by atoms with Crippen LogP contribution in [0.4, 0.5) is 0 Å². The fourth-order valence-corrected chi connectivity index (χ4v) is 3.75. The fraction of sp³-hybridized carbons (Fsp3) is 0.632. The zero-order chi connectivity index (χ0) is 15.2. The Labute approximate surface area is 133 Å². The highest BCUT2D eigenvalue weighted by atomic mass is 16.5. The normalized spacial score (nSPS) is 22.2. The summed E-state index contributed by atoms with van der Waals surface area (Å²) in [6, 6.07) is 9.97. The Hall–Kier alpha value is -1.51. The molecule has 3 rings (SSSR count). The van der Waals surface area contributed by atoms with E-state index in [1.807, 2.05) is 30.3 Å². The minimum atomic E-state index is 0.387. The van der Waals surface area contributed by atoms with Crippen LogP contribution in [0, 0.1) is 11.8 Å². The Bertz CT molecular complexity index is 468. The summed E-state index contributed by atoms with van der Waals surface area (Å²) < 4.78 is 5.77. The van der Waals surface area contributed by atoms with Gasteiger partial charge in [-0.1, -0.05) is 31.0 Å². The molecular formula is C19H27NO2. The number of carbonyl (C=O) groups is 1. The summed E-state index contributed by atoms with van der Waals surface area (Å²) in [7, 11) is 0. The van der Waals surface area contributed by atoms with E-state index in [0.29, 0.717) is 17.7 Å². The monoisotopic (exact) mass is 301 g/mol. The Kier molecular flexibility index (Phi) is 5.36. The minimum absolute atomic E-state index is 0.387. The highest BCUT2D eigenvalue weighted by molar-refractivity contribution is 5.76. The van der Waals surface area contributed by atoms with Gasteiger partial charge in [0.25, 0.3) is 0 Å². The van der Waals surface area contributed by atoms with Crippen molar-refractivity contribution in [1.29, 1.82) is 0 Å². The van der Waals surface area contributed by atoms with Crippen LogP contribution in [-0.4, -0.2) is 30.5 Å². The first-order valence-electron chi connectivity index (χ1n) is 8.77. The van der Waals surface area contributed by atoms with Crippen LogP contribution in [0.15, 0.2) is 30.3 Å². The highest BCUT2D eigenvalue weighted by Crippen LogP contribution is 2.29. The van der Waals surface area contributed by atoms with Crippen molar-refractivity contribution >= 4 is 5.91 Å². The average Bonchev–Trinajstić information content (AvgIpc) is 3.20. The number of ether oxygens (including phenoxy) is 1. The number of para-hydroxylation sites is 1. The lowest BCUT2D eigenvalue weighted by molar-refractivity contribution is -0.131. The summed E-state index contributed by atoms with van der Waals surface area (Å²) in [5, 5.41) is 0. The van der Waals surface area contributed by atoms with Gasteiger partial charge in [0.2, 0.25) is 5.91 Å². The van der Waals surface area contributed by atoms with Crippen LogP contribution in [0.25, 0.3) is 0 Å². The number of hydrogen-bond acceptors (Lipinski definition) is 2. The summed E-state index contributed by atoms with van der Waals surface area (Å²) >= 11 is 0. The number of benzene rings is 1. The van der Waals surface area contributed by atoms with Crippen LogP contribution in [0.5, 0.6) is 5.75 Å². The first-order chi connectivity index (χ1) is 10.8. The number of rotatable bonds is 6. The topological polar surface area (TPSA) is 29.5 Å². The van der Waals surface area contributed by atoms with Crippen LogP contribution < -0.4 is 4.74 Å². The van der Waals surface area contributed by atoms with Gasteiger partial charge in [0, 0.05) is 19.5 Å².